The van der Waals surface area contributed by atoms with Gasteiger partial charge in [-0.1, -0.05) is 26.0 Å². The van der Waals surface area contributed by atoms with Gasteiger partial charge in [-0.2, -0.15) is 4.31 Å². The van der Waals surface area contributed by atoms with E-state index in [1.54, 1.807) is 39.8 Å². The summed E-state index contributed by atoms with van der Waals surface area (Å²) in [4.78, 5) is 25.3. The van der Waals surface area contributed by atoms with Gasteiger partial charge in [-0.05, 0) is 61.7 Å². The van der Waals surface area contributed by atoms with Crippen LogP contribution in [0.1, 0.15) is 43.6 Å². The Balaban J connectivity index is 2.02. The Morgan fingerprint density at radius 1 is 0.969 bits per heavy atom. The van der Waals surface area contributed by atoms with Crippen LogP contribution in [-0.2, 0) is 21.4 Å². The minimum absolute atomic E-state index is 0.169. The van der Waals surface area contributed by atoms with Crippen LogP contribution in [0.3, 0.4) is 0 Å². The number of amides is 2. The standard InChI is InChI=1S/C23H30FN3O4S/c1-15(2)21(26-22(28)18-8-10-19(24)11-9-18)23(29)25-14-17-6-12-20(13-7-17)32(30,31)27(5)16(3)4/h6-13,15-16,21H,14H2,1-5H3,(H,25,29)(H,26,28). The molecule has 0 saturated heterocycles. The lowest BCUT2D eigenvalue weighted by molar-refractivity contribution is -0.124. The highest BCUT2D eigenvalue weighted by Gasteiger charge is 2.25. The van der Waals surface area contributed by atoms with Crippen molar-refractivity contribution in [3.8, 4) is 0 Å². The maximum atomic E-state index is 13.1. The lowest BCUT2D eigenvalue weighted by Gasteiger charge is -2.22. The molecule has 0 spiro atoms. The molecule has 0 aliphatic rings. The maximum absolute atomic E-state index is 13.1. The van der Waals surface area contributed by atoms with E-state index in [9.17, 15) is 22.4 Å². The smallest absolute Gasteiger partial charge is 0.251 e. The molecule has 9 heteroatoms. The van der Waals surface area contributed by atoms with Crippen LogP contribution in [0.5, 0.6) is 0 Å². The van der Waals surface area contributed by atoms with Crippen LogP contribution in [0.25, 0.3) is 0 Å². The van der Waals surface area contributed by atoms with Gasteiger partial charge in [-0.3, -0.25) is 9.59 Å². The van der Waals surface area contributed by atoms with Crippen LogP contribution < -0.4 is 10.6 Å². The molecular weight excluding hydrogens is 433 g/mol. The molecule has 0 heterocycles. The number of hydrogen-bond acceptors (Lipinski definition) is 4. The number of sulfonamides is 1. The topological polar surface area (TPSA) is 95.6 Å². The van der Waals surface area contributed by atoms with Crippen molar-refractivity contribution in [2.75, 3.05) is 7.05 Å². The van der Waals surface area contributed by atoms with Gasteiger partial charge in [0.25, 0.3) is 5.91 Å². The number of rotatable bonds is 9. The van der Waals surface area contributed by atoms with Crippen molar-refractivity contribution in [3.05, 3.63) is 65.5 Å². The van der Waals surface area contributed by atoms with Crippen molar-refractivity contribution in [3.63, 3.8) is 0 Å². The van der Waals surface area contributed by atoms with Gasteiger partial charge in [0, 0.05) is 25.2 Å². The zero-order valence-corrected chi connectivity index (χ0v) is 19.7. The average Bonchev–Trinajstić information content (AvgIpc) is 2.75. The van der Waals surface area contributed by atoms with Crippen molar-refractivity contribution in [2.45, 2.75) is 51.2 Å². The fourth-order valence-electron chi connectivity index (χ4n) is 2.88. The van der Waals surface area contributed by atoms with E-state index in [2.05, 4.69) is 10.6 Å². The fourth-order valence-corrected chi connectivity index (χ4v) is 4.25. The van der Waals surface area contributed by atoms with Gasteiger partial charge in [0.15, 0.2) is 0 Å². The SMILES string of the molecule is CC(C)C(NC(=O)c1ccc(F)cc1)C(=O)NCc1ccc(S(=O)(=O)N(C)C(C)C)cc1. The average molecular weight is 464 g/mol. The van der Waals surface area contributed by atoms with Crippen LogP contribution in [0.2, 0.25) is 0 Å². The second kappa shape index (κ2) is 10.7. The first-order valence-electron chi connectivity index (χ1n) is 10.3. The number of halogens is 1. The van der Waals surface area contributed by atoms with Gasteiger partial charge in [0.05, 0.1) is 4.90 Å². The molecular formula is C23H30FN3O4S. The van der Waals surface area contributed by atoms with Crippen LogP contribution in [0.15, 0.2) is 53.4 Å². The molecule has 0 radical (unpaired) electrons. The van der Waals surface area contributed by atoms with Crippen molar-refractivity contribution >= 4 is 21.8 Å². The molecule has 32 heavy (non-hydrogen) atoms. The van der Waals surface area contributed by atoms with Gasteiger partial charge in [0.1, 0.15) is 11.9 Å². The van der Waals surface area contributed by atoms with E-state index >= 15 is 0 Å². The highest BCUT2D eigenvalue weighted by molar-refractivity contribution is 7.89. The summed E-state index contributed by atoms with van der Waals surface area (Å²) in [6, 6.07) is 10.4. The summed E-state index contributed by atoms with van der Waals surface area (Å²) in [6.45, 7) is 7.37. The Hall–Kier alpha value is -2.78. The van der Waals surface area contributed by atoms with E-state index in [0.717, 1.165) is 5.56 Å². The third-order valence-electron chi connectivity index (χ3n) is 5.14. The fraction of sp³-hybridized carbons (Fsp3) is 0.391. The zero-order valence-electron chi connectivity index (χ0n) is 18.9. The van der Waals surface area contributed by atoms with Crippen molar-refractivity contribution in [2.24, 2.45) is 5.92 Å². The van der Waals surface area contributed by atoms with Crippen molar-refractivity contribution in [1.29, 1.82) is 0 Å². The molecule has 0 aromatic heterocycles. The summed E-state index contributed by atoms with van der Waals surface area (Å²) in [5.74, 6) is -1.47. The summed E-state index contributed by atoms with van der Waals surface area (Å²) in [5.41, 5.74) is 0.977. The predicted octanol–water partition coefficient (Wildman–Crippen LogP) is 2.93. The van der Waals surface area contributed by atoms with Gasteiger partial charge < -0.3 is 10.6 Å². The van der Waals surface area contributed by atoms with E-state index in [1.807, 2.05) is 0 Å². The van der Waals surface area contributed by atoms with E-state index in [1.165, 1.54) is 47.8 Å². The minimum Gasteiger partial charge on any atom is -0.350 e. The summed E-state index contributed by atoms with van der Waals surface area (Å²) >= 11 is 0. The van der Waals surface area contributed by atoms with E-state index in [0.29, 0.717) is 0 Å². The number of benzene rings is 2. The number of carbonyl (C=O) groups is 2. The molecule has 0 aliphatic heterocycles. The third-order valence-corrected chi connectivity index (χ3v) is 7.18. The number of carbonyl (C=O) groups excluding carboxylic acids is 2. The lowest BCUT2D eigenvalue weighted by atomic mass is 10.0. The molecule has 2 rings (SSSR count). The Morgan fingerprint density at radius 2 is 1.53 bits per heavy atom. The first-order chi connectivity index (χ1) is 14.9. The molecule has 1 unspecified atom stereocenters. The Bertz CT molecular complexity index is 1040. The molecule has 0 bridgehead atoms. The van der Waals surface area contributed by atoms with Gasteiger partial charge >= 0.3 is 0 Å². The summed E-state index contributed by atoms with van der Waals surface area (Å²) < 4.78 is 39.5. The largest absolute Gasteiger partial charge is 0.350 e. The minimum atomic E-state index is -3.58. The highest BCUT2D eigenvalue weighted by Crippen LogP contribution is 2.17. The molecule has 2 aromatic carbocycles. The molecule has 174 valence electrons. The van der Waals surface area contributed by atoms with Crippen LogP contribution in [-0.4, -0.2) is 43.7 Å². The molecule has 2 aromatic rings. The van der Waals surface area contributed by atoms with Crippen molar-refractivity contribution < 1.29 is 22.4 Å². The van der Waals surface area contributed by atoms with E-state index < -0.39 is 27.8 Å². The molecule has 0 fully saturated rings. The van der Waals surface area contributed by atoms with E-state index in [4.69, 9.17) is 0 Å². The Labute approximate surface area is 189 Å². The molecule has 2 amide bonds. The predicted molar refractivity (Wildman–Crippen MR) is 121 cm³/mol. The zero-order chi connectivity index (χ0) is 24.1. The molecule has 0 aliphatic carbocycles. The number of hydrogen-bond donors (Lipinski definition) is 2. The van der Waals surface area contributed by atoms with Crippen LogP contribution >= 0.6 is 0 Å². The lowest BCUT2D eigenvalue weighted by Crippen LogP contribution is -2.49. The number of nitrogens with zero attached hydrogens (tertiary/aromatic N) is 1. The molecule has 1 atom stereocenters. The third kappa shape index (κ3) is 6.37. The normalized spacial score (nSPS) is 12.8. The Morgan fingerprint density at radius 3 is 2.03 bits per heavy atom. The Kier molecular flexibility index (Phi) is 8.51. The first kappa shape index (κ1) is 25.5. The van der Waals surface area contributed by atoms with Crippen LogP contribution in [0.4, 0.5) is 4.39 Å². The quantitative estimate of drug-likeness (QED) is 0.598. The van der Waals surface area contributed by atoms with Gasteiger partial charge in [-0.15, -0.1) is 0 Å². The van der Waals surface area contributed by atoms with Crippen molar-refractivity contribution in [1.82, 2.24) is 14.9 Å². The monoisotopic (exact) mass is 463 g/mol. The maximum Gasteiger partial charge on any atom is 0.251 e. The van der Waals surface area contributed by atoms with E-state index in [-0.39, 0.29) is 34.9 Å². The summed E-state index contributed by atoms with van der Waals surface area (Å²) in [7, 11) is -2.05. The second-order valence-electron chi connectivity index (χ2n) is 8.18. The summed E-state index contributed by atoms with van der Waals surface area (Å²) in [5, 5.41) is 5.45. The molecule has 7 nitrogen and oxygen atoms in total. The molecule has 2 N–H and O–H groups in total. The van der Waals surface area contributed by atoms with Gasteiger partial charge in [0.2, 0.25) is 15.9 Å². The number of nitrogens with one attached hydrogen (secondary N) is 2. The summed E-state index contributed by atoms with van der Waals surface area (Å²) in [6.07, 6.45) is 0. The second-order valence-corrected chi connectivity index (χ2v) is 10.2. The van der Waals surface area contributed by atoms with Gasteiger partial charge in [-0.25, -0.2) is 12.8 Å². The first-order valence-corrected chi connectivity index (χ1v) is 11.8. The molecule has 0 saturated carbocycles. The van der Waals surface area contributed by atoms with Crippen LogP contribution in [0, 0.1) is 11.7 Å². The highest BCUT2D eigenvalue weighted by atomic mass is 32.2.